The molecule has 1 aromatic carbocycles. The van der Waals surface area contributed by atoms with Gasteiger partial charge in [-0.3, -0.25) is 4.79 Å². The zero-order valence-corrected chi connectivity index (χ0v) is 8.73. The Morgan fingerprint density at radius 2 is 2.07 bits per heavy atom. The summed E-state index contributed by atoms with van der Waals surface area (Å²) < 4.78 is 0. The van der Waals surface area contributed by atoms with E-state index in [0.29, 0.717) is 17.7 Å². The van der Waals surface area contributed by atoms with Gasteiger partial charge in [-0.05, 0) is 30.7 Å². The molecule has 0 bridgehead atoms. The van der Waals surface area contributed by atoms with Crippen LogP contribution >= 0.6 is 0 Å². The Morgan fingerprint density at radius 3 is 2.53 bits per heavy atom. The highest BCUT2D eigenvalue weighted by molar-refractivity contribution is 5.94. The smallest absolute Gasteiger partial charge is 0.251 e. The molecular formula is C11H16N2O2. The Hall–Kier alpha value is -1.55. The fourth-order valence-electron chi connectivity index (χ4n) is 1.18. The van der Waals surface area contributed by atoms with Gasteiger partial charge in [0.15, 0.2) is 0 Å². The fourth-order valence-corrected chi connectivity index (χ4v) is 1.18. The van der Waals surface area contributed by atoms with Crippen LogP contribution in [0.2, 0.25) is 0 Å². The van der Waals surface area contributed by atoms with Gasteiger partial charge in [0.1, 0.15) is 0 Å². The van der Waals surface area contributed by atoms with Gasteiger partial charge in [0.05, 0.1) is 12.6 Å². The predicted molar refractivity (Wildman–Crippen MR) is 59.5 cm³/mol. The van der Waals surface area contributed by atoms with Gasteiger partial charge in [-0.1, -0.05) is 6.92 Å². The van der Waals surface area contributed by atoms with Crippen LogP contribution in [0, 0.1) is 0 Å². The first-order valence-corrected chi connectivity index (χ1v) is 4.94. The lowest BCUT2D eigenvalue weighted by atomic mass is 10.1. The van der Waals surface area contributed by atoms with Gasteiger partial charge in [-0.25, -0.2) is 0 Å². The van der Waals surface area contributed by atoms with Crippen molar-refractivity contribution >= 4 is 11.6 Å². The second kappa shape index (κ2) is 5.36. The number of anilines is 1. The summed E-state index contributed by atoms with van der Waals surface area (Å²) in [5, 5.41) is 11.7. The quantitative estimate of drug-likeness (QED) is 0.640. The van der Waals surface area contributed by atoms with E-state index in [9.17, 15) is 4.79 Å². The summed E-state index contributed by atoms with van der Waals surface area (Å²) in [5.74, 6) is -0.184. The van der Waals surface area contributed by atoms with Crippen molar-refractivity contribution in [3.05, 3.63) is 29.8 Å². The molecule has 0 spiro atoms. The van der Waals surface area contributed by atoms with Crippen molar-refractivity contribution in [3.8, 4) is 0 Å². The molecule has 0 saturated carbocycles. The normalized spacial score (nSPS) is 12.1. The van der Waals surface area contributed by atoms with E-state index in [1.807, 2.05) is 6.92 Å². The van der Waals surface area contributed by atoms with Gasteiger partial charge in [-0.15, -0.1) is 0 Å². The van der Waals surface area contributed by atoms with Crippen molar-refractivity contribution in [2.45, 2.75) is 19.4 Å². The van der Waals surface area contributed by atoms with Gasteiger partial charge >= 0.3 is 0 Å². The summed E-state index contributed by atoms with van der Waals surface area (Å²) in [6, 6.07) is 6.49. The van der Waals surface area contributed by atoms with Crippen LogP contribution in [0.5, 0.6) is 0 Å². The van der Waals surface area contributed by atoms with E-state index in [1.165, 1.54) is 0 Å². The monoisotopic (exact) mass is 208 g/mol. The Bertz CT molecular complexity index is 318. The number of rotatable bonds is 4. The first-order valence-electron chi connectivity index (χ1n) is 4.94. The van der Waals surface area contributed by atoms with Crippen molar-refractivity contribution in [2.75, 3.05) is 12.3 Å². The zero-order chi connectivity index (χ0) is 11.3. The first kappa shape index (κ1) is 11.5. The van der Waals surface area contributed by atoms with E-state index < -0.39 is 0 Å². The van der Waals surface area contributed by atoms with E-state index in [2.05, 4.69) is 5.32 Å². The van der Waals surface area contributed by atoms with Crippen molar-refractivity contribution in [1.29, 1.82) is 0 Å². The molecular weight excluding hydrogens is 192 g/mol. The third-order valence-corrected chi connectivity index (χ3v) is 2.22. The second-order valence-electron chi connectivity index (χ2n) is 3.38. The number of hydrogen-bond acceptors (Lipinski definition) is 3. The first-order chi connectivity index (χ1) is 7.17. The van der Waals surface area contributed by atoms with Crippen LogP contribution < -0.4 is 11.1 Å². The van der Waals surface area contributed by atoms with Gasteiger partial charge in [-0.2, -0.15) is 0 Å². The molecule has 82 valence electrons. The minimum Gasteiger partial charge on any atom is -0.399 e. The molecule has 0 aliphatic heterocycles. The lowest BCUT2D eigenvalue weighted by molar-refractivity contribution is 0.0915. The maximum atomic E-state index is 11.6. The topological polar surface area (TPSA) is 75.3 Å². The predicted octanol–water partition coefficient (Wildman–Crippen LogP) is 0.770. The summed E-state index contributed by atoms with van der Waals surface area (Å²) in [5.41, 5.74) is 6.69. The third kappa shape index (κ3) is 3.25. The Labute approximate surface area is 89.1 Å². The van der Waals surface area contributed by atoms with Gasteiger partial charge < -0.3 is 16.2 Å². The number of nitrogen functional groups attached to an aromatic ring is 1. The summed E-state index contributed by atoms with van der Waals surface area (Å²) in [4.78, 5) is 11.6. The van der Waals surface area contributed by atoms with Crippen LogP contribution in [0.15, 0.2) is 24.3 Å². The minimum atomic E-state index is -0.185. The molecule has 0 aliphatic carbocycles. The molecule has 0 fully saturated rings. The molecule has 0 heterocycles. The lowest BCUT2D eigenvalue weighted by Gasteiger charge is -2.13. The molecule has 4 heteroatoms. The molecule has 15 heavy (non-hydrogen) atoms. The van der Waals surface area contributed by atoms with Crippen LogP contribution in [0.4, 0.5) is 5.69 Å². The van der Waals surface area contributed by atoms with Gasteiger partial charge in [0.2, 0.25) is 0 Å². The number of carbonyl (C=O) groups excluding carboxylic acids is 1. The minimum absolute atomic E-state index is 0.0444. The number of nitrogens with two attached hydrogens (primary N) is 1. The largest absolute Gasteiger partial charge is 0.399 e. The highest BCUT2D eigenvalue weighted by Gasteiger charge is 2.10. The number of benzene rings is 1. The summed E-state index contributed by atoms with van der Waals surface area (Å²) >= 11 is 0. The van der Waals surface area contributed by atoms with Crippen molar-refractivity contribution in [2.24, 2.45) is 0 Å². The van der Waals surface area contributed by atoms with Crippen LogP contribution in [-0.2, 0) is 0 Å². The zero-order valence-electron chi connectivity index (χ0n) is 8.73. The molecule has 0 radical (unpaired) electrons. The van der Waals surface area contributed by atoms with E-state index >= 15 is 0 Å². The Kier molecular flexibility index (Phi) is 4.12. The standard InChI is InChI=1S/C11H16N2O2/c1-2-10(7-14)13-11(15)8-3-5-9(12)6-4-8/h3-6,10,14H,2,7,12H2,1H3,(H,13,15)/t10-/m0/s1. The number of aliphatic hydroxyl groups excluding tert-OH is 1. The number of carbonyl (C=O) groups is 1. The molecule has 0 aliphatic rings. The third-order valence-electron chi connectivity index (χ3n) is 2.22. The molecule has 4 nitrogen and oxygen atoms in total. The van der Waals surface area contributed by atoms with Crippen LogP contribution in [0.1, 0.15) is 23.7 Å². The Morgan fingerprint density at radius 1 is 1.47 bits per heavy atom. The molecule has 1 amide bonds. The van der Waals surface area contributed by atoms with Crippen molar-refractivity contribution in [1.82, 2.24) is 5.32 Å². The van der Waals surface area contributed by atoms with Crippen LogP contribution in [0.3, 0.4) is 0 Å². The van der Waals surface area contributed by atoms with Crippen LogP contribution in [0.25, 0.3) is 0 Å². The highest BCUT2D eigenvalue weighted by Crippen LogP contribution is 2.05. The van der Waals surface area contributed by atoms with E-state index in [4.69, 9.17) is 10.8 Å². The number of aliphatic hydroxyl groups is 1. The van der Waals surface area contributed by atoms with E-state index in [1.54, 1.807) is 24.3 Å². The van der Waals surface area contributed by atoms with Crippen molar-refractivity contribution in [3.63, 3.8) is 0 Å². The molecule has 0 saturated heterocycles. The van der Waals surface area contributed by atoms with Crippen LogP contribution in [-0.4, -0.2) is 23.7 Å². The molecule has 0 aromatic heterocycles. The number of hydrogen-bond donors (Lipinski definition) is 3. The molecule has 4 N–H and O–H groups in total. The maximum absolute atomic E-state index is 11.6. The average molecular weight is 208 g/mol. The van der Waals surface area contributed by atoms with Gasteiger partial charge in [0.25, 0.3) is 5.91 Å². The molecule has 1 atom stereocenters. The summed E-state index contributed by atoms with van der Waals surface area (Å²) in [6.45, 7) is 1.86. The molecule has 1 rings (SSSR count). The van der Waals surface area contributed by atoms with Gasteiger partial charge in [0, 0.05) is 11.3 Å². The van der Waals surface area contributed by atoms with E-state index in [0.717, 1.165) is 0 Å². The summed E-state index contributed by atoms with van der Waals surface area (Å²) in [6.07, 6.45) is 0.706. The summed E-state index contributed by atoms with van der Waals surface area (Å²) in [7, 11) is 0. The Balaban J connectivity index is 2.64. The van der Waals surface area contributed by atoms with E-state index in [-0.39, 0.29) is 18.6 Å². The lowest BCUT2D eigenvalue weighted by Crippen LogP contribution is -2.36. The fraction of sp³-hybridized carbons (Fsp3) is 0.364. The number of amides is 1. The van der Waals surface area contributed by atoms with Crippen molar-refractivity contribution < 1.29 is 9.90 Å². The highest BCUT2D eigenvalue weighted by atomic mass is 16.3. The molecule has 0 unspecified atom stereocenters. The SMILES string of the molecule is CC[C@@H](CO)NC(=O)c1ccc(N)cc1. The second-order valence-corrected chi connectivity index (χ2v) is 3.38. The average Bonchev–Trinajstić information content (AvgIpc) is 2.26. The maximum Gasteiger partial charge on any atom is 0.251 e. The molecule has 1 aromatic rings. The number of nitrogens with one attached hydrogen (secondary N) is 1.